The van der Waals surface area contributed by atoms with Gasteiger partial charge in [-0.05, 0) is 19.3 Å². The van der Waals surface area contributed by atoms with E-state index in [0.717, 1.165) is 19.4 Å². The first kappa shape index (κ1) is 11.9. The van der Waals surface area contributed by atoms with Crippen LogP contribution in [0.4, 0.5) is 0 Å². The summed E-state index contributed by atoms with van der Waals surface area (Å²) in [7, 11) is 0. The summed E-state index contributed by atoms with van der Waals surface area (Å²) in [5.41, 5.74) is 0.234. The molecule has 3 aliphatic rings. The predicted molar refractivity (Wildman–Crippen MR) is 66.8 cm³/mol. The number of hydrogen-bond donors (Lipinski definition) is 2. The first-order valence-corrected chi connectivity index (χ1v) is 7.16. The van der Waals surface area contributed by atoms with Gasteiger partial charge in [0.1, 0.15) is 0 Å². The van der Waals surface area contributed by atoms with Gasteiger partial charge in [-0.3, -0.25) is 0 Å². The molecule has 2 N–H and O–H groups in total. The number of hydrogen-bond acceptors (Lipinski definition) is 3. The van der Waals surface area contributed by atoms with Gasteiger partial charge in [-0.1, -0.05) is 26.7 Å². The van der Waals surface area contributed by atoms with Crippen molar-refractivity contribution in [3.05, 3.63) is 0 Å². The average Bonchev–Trinajstić information content (AvgIpc) is 2.74. The van der Waals surface area contributed by atoms with Crippen molar-refractivity contribution < 1.29 is 9.84 Å². The zero-order valence-corrected chi connectivity index (χ0v) is 11.0. The molecule has 0 bridgehead atoms. The molecule has 5 atom stereocenters. The van der Waals surface area contributed by atoms with E-state index in [1.165, 1.54) is 19.3 Å². The number of nitrogens with one attached hydrogen (secondary N) is 1. The van der Waals surface area contributed by atoms with Crippen molar-refractivity contribution in [2.24, 2.45) is 11.3 Å². The summed E-state index contributed by atoms with van der Waals surface area (Å²) in [5, 5.41) is 13.8. The van der Waals surface area contributed by atoms with Crippen LogP contribution in [-0.4, -0.2) is 36.0 Å². The highest BCUT2D eigenvalue weighted by molar-refractivity contribution is 5.12. The van der Waals surface area contributed by atoms with E-state index in [4.69, 9.17) is 4.74 Å². The van der Waals surface area contributed by atoms with Crippen molar-refractivity contribution in [3.63, 3.8) is 0 Å². The van der Waals surface area contributed by atoms with Gasteiger partial charge in [0.15, 0.2) is 0 Å². The van der Waals surface area contributed by atoms with Crippen molar-refractivity contribution in [1.82, 2.24) is 5.32 Å². The molecule has 0 aromatic carbocycles. The third kappa shape index (κ3) is 1.83. The maximum atomic E-state index is 10.1. The first-order chi connectivity index (χ1) is 8.10. The molecule has 3 nitrogen and oxygen atoms in total. The van der Waals surface area contributed by atoms with Gasteiger partial charge in [0.25, 0.3) is 0 Å². The van der Waals surface area contributed by atoms with Gasteiger partial charge in [-0.25, -0.2) is 0 Å². The van der Waals surface area contributed by atoms with E-state index in [9.17, 15) is 5.11 Å². The van der Waals surface area contributed by atoms with E-state index in [1.54, 1.807) is 0 Å². The minimum absolute atomic E-state index is 0.138. The molecule has 1 heterocycles. The number of fused-ring (bicyclic) bond motifs is 1. The van der Waals surface area contributed by atoms with Gasteiger partial charge < -0.3 is 15.2 Å². The number of aliphatic hydroxyl groups is 1. The van der Waals surface area contributed by atoms with Gasteiger partial charge in [0.2, 0.25) is 0 Å². The molecule has 17 heavy (non-hydrogen) atoms. The Bertz CT molecular complexity index is 292. The Balaban J connectivity index is 1.64. The van der Waals surface area contributed by atoms with Gasteiger partial charge >= 0.3 is 0 Å². The smallest absolute Gasteiger partial charge is 0.0693 e. The fourth-order valence-corrected chi connectivity index (χ4v) is 4.20. The molecular formula is C14H25NO2. The molecule has 2 saturated carbocycles. The lowest BCUT2D eigenvalue weighted by atomic mass is 9.57. The minimum atomic E-state index is -0.138. The molecule has 98 valence electrons. The lowest BCUT2D eigenvalue weighted by Crippen LogP contribution is -2.68. The average molecular weight is 239 g/mol. The molecule has 3 rings (SSSR count). The standard InChI is InChI=1S/C14H25NO2/c1-14(2)12(9-7-8-17-13(9)14)15-10-5-3-4-6-11(10)16/h9-13,15-16H,3-8H2,1-2H3. The maximum absolute atomic E-state index is 10.1. The summed E-state index contributed by atoms with van der Waals surface area (Å²) in [6, 6.07) is 0.849. The molecule has 0 aromatic rings. The second kappa shape index (κ2) is 4.22. The second-order valence-corrected chi connectivity index (χ2v) is 6.67. The molecule has 0 aromatic heterocycles. The normalized spacial score (nSPS) is 48.5. The quantitative estimate of drug-likeness (QED) is 0.770. The molecule has 5 unspecified atom stereocenters. The molecule has 1 saturated heterocycles. The Labute approximate surface area is 104 Å². The summed E-state index contributed by atoms with van der Waals surface area (Å²) < 4.78 is 5.81. The monoisotopic (exact) mass is 239 g/mol. The summed E-state index contributed by atoms with van der Waals surface area (Å²) in [5.74, 6) is 0.680. The zero-order valence-electron chi connectivity index (χ0n) is 11.0. The fraction of sp³-hybridized carbons (Fsp3) is 1.00. The predicted octanol–water partition coefficient (Wildman–Crippen LogP) is 1.69. The van der Waals surface area contributed by atoms with Crippen LogP contribution in [0, 0.1) is 11.3 Å². The third-order valence-electron chi connectivity index (χ3n) is 5.22. The van der Waals surface area contributed by atoms with Crippen LogP contribution in [0.1, 0.15) is 46.0 Å². The van der Waals surface area contributed by atoms with Crippen molar-refractivity contribution in [2.45, 2.75) is 70.2 Å². The summed E-state index contributed by atoms with van der Waals surface area (Å²) in [4.78, 5) is 0. The number of aliphatic hydroxyl groups excluding tert-OH is 1. The van der Waals surface area contributed by atoms with Crippen LogP contribution in [0.5, 0.6) is 0 Å². The van der Waals surface area contributed by atoms with E-state index in [0.29, 0.717) is 24.1 Å². The fourth-order valence-electron chi connectivity index (χ4n) is 4.20. The van der Waals surface area contributed by atoms with Gasteiger partial charge in [0.05, 0.1) is 12.2 Å². The van der Waals surface area contributed by atoms with Crippen LogP contribution in [0.2, 0.25) is 0 Å². The third-order valence-corrected chi connectivity index (χ3v) is 5.22. The van der Waals surface area contributed by atoms with Crippen LogP contribution >= 0.6 is 0 Å². The molecule has 3 fully saturated rings. The summed E-state index contributed by atoms with van der Waals surface area (Å²) in [6.45, 7) is 5.52. The maximum Gasteiger partial charge on any atom is 0.0693 e. The van der Waals surface area contributed by atoms with Crippen LogP contribution in [0.25, 0.3) is 0 Å². The Morgan fingerprint density at radius 1 is 1.18 bits per heavy atom. The topological polar surface area (TPSA) is 41.5 Å². The molecule has 0 radical (unpaired) electrons. The first-order valence-electron chi connectivity index (χ1n) is 7.16. The molecule has 1 aliphatic heterocycles. The minimum Gasteiger partial charge on any atom is -0.392 e. The molecule has 0 amide bonds. The van der Waals surface area contributed by atoms with Crippen LogP contribution < -0.4 is 5.32 Å². The highest BCUT2D eigenvalue weighted by atomic mass is 16.5. The van der Waals surface area contributed by atoms with E-state index in [2.05, 4.69) is 19.2 Å². The van der Waals surface area contributed by atoms with E-state index >= 15 is 0 Å². The van der Waals surface area contributed by atoms with E-state index < -0.39 is 0 Å². The highest BCUT2D eigenvalue weighted by Crippen LogP contribution is 2.52. The van der Waals surface area contributed by atoms with Crippen LogP contribution in [0.3, 0.4) is 0 Å². The van der Waals surface area contributed by atoms with Gasteiger partial charge in [0, 0.05) is 30.0 Å². The van der Waals surface area contributed by atoms with E-state index in [-0.39, 0.29) is 11.5 Å². The van der Waals surface area contributed by atoms with Gasteiger partial charge in [-0.2, -0.15) is 0 Å². The summed E-state index contributed by atoms with van der Waals surface area (Å²) >= 11 is 0. The second-order valence-electron chi connectivity index (χ2n) is 6.67. The lowest BCUT2D eigenvalue weighted by molar-refractivity contribution is -0.120. The molecule has 3 heteroatoms. The number of ether oxygens (including phenoxy) is 1. The van der Waals surface area contributed by atoms with Crippen LogP contribution in [-0.2, 0) is 4.74 Å². The zero-order chi connectivity index (χ0) is 12.0. The number of rotatable bonds is 2. The van der Waals surface area contributed by atoms with E-state index in [1.807, 2.05) is 0 Å². The highest BCUT2D eigenvalue weighted by Gasteiger charge is 2.59. The molecular weight excluding hydrogens is 214 g/mol. The van der Waals surface area contributed by atoms with Crippen molar-refractivity contribution in [3.8, 4) is 0 Å². The molecule has 2 aliphatic carbocycles. The Morgan fingerprint density at radius 3 is 2.71 bits per heavy atom. The lowest BCUT2D eigenvalue weighted by Gasteiger charge is -2.56. The van der Waals surface area contributed by atoms with Gasteiger partial charge in [-0.15, -0.1) is 0 Å². The Hall–Kier alpha value is -0.120. The Morgan fingerprint density at radius 2 is 1.94 bits per heavy atom. The van der Waals surface area contributed by atoms with Crippen LogP contribution in [0.15, 0.2) is 0 Å². The van der Waals surface area contributed by atoms with Crippen molar-refractivity contribution in [1.29, 1.82) is 0 Å². The largest absolute Gasteiger partial charge is 0.392 e. The van der Waals surface area contributed by atoms with Crippen molar-refractivity contribution >= 4 is 0 Å². The Kier molecular flexibility index (Phi) is 2.96. The van der Waals surface area contributed by atoms with Crippen molar-refractivity contribution in [2.75, 3.05) is 6.61 Å². The molecule has 0 spiro atoms. The summed E-state index contributed by atoms with van der Waals surface area (Å²) in [6.07, 6.45) is 6.03. The SMILES string of the molecule is CC1(C)C(NC2CCCCC2O)C2CCOC21.